The third-order valence-electron chi connectivity index (χ3n) is 8.70. The number of ether oxygens (including phenoxy) is 2. The van der Waals surface area contributed by atoms with Crippen LogP contribution in [0, 0.1) is 5.82 Å². The Hall–Kier alpha value is -5.62. The van der Waals surface area contributed by atoms with E-state index >= 15 is 0 Å². The van der Waals surface area contributed by atoms with E-state index in [2.05, 4.69) is 5.32 Å². The lowest BCUT2D eigenvalue weighted by Gasteiger charge is -2.40. The minimum absolute atomic E-state index is 0.0426. The Morgan fingerprint density at radius 2 is 1.63 bits per heavy atom. The highest BCUT2D eigenvalue weighted by Crippen LogP contribution is 2.37. The molecule has 3 aromatic carbocycles. The number of amides is 4. The molecule has 3 N–H and O–H groups in total. The van der Waals surface area contributed by atoms with Gasteiger partial charge in [-0.25, -0.2) is 18.8 Å². The minimum atomic E-state index is -5.28. The number of nitrogens with one attached hydrogen (secondary N) is 2. The SMILES string of the molecule is COc1ccc(N(C(=O)Nc2ccc(F)cc2)C(C)c2nc3cc(Cl)ccc3c(=O)n2N2CCN(C(=O)C(NC(=O)C(F)(F)F)C(C)O)CC2)c(OC)c1. The number of aliphatic hydroxyl groups is 1. The molecular formula is C35H36ClF4N7O7. The van der Waals surface area contributed by atoms with E-state index in [-0.39, 0.29) is 65.1 Å². The van der Waals surface area contributed by atoms with Crippen molar-refractivity contribution in [2.24, 2.45) is 0 Å². The van der Waals surface area contributed by atoms with Crippen molar-refractivity contribution in [3.8, 4) is 11.5 Å². The number of fused-ring (bicyclic) bond motifs is 1. The molecule has 1 fully saturated rings. The lowest BCUT2D eigenvalue weighted by atomic mass is 10.1. The van der Waals surface area contributed by atoms with Gasteiger partial charge < -0.3 is 35.1 Å². The van der Waals surface area contributed by atoms with E-state index in [1.54, 1.807) is 35.4 Å². The van der Waals surface area contributed by atoms with Gasteiger partial charge in [0, 0.05) is 29.9 Å². The van der Waals surface area contributed by atoms with E-state index in [0.717, 1.165) is 11.8 Å². The molecular weight excluding hydrogens is 742 g/mol. The van der Waals surface area contributed by atoms with Gasteiger partial charge >= 0.3 is 18.1 Å². The van der Waals surface area contributed by atoms with Crippen molar-refractivity contribution in [3.05, 3.63) is 87.7 Å². The fourth-order valence-corrected chi connectivity index (χ4v) is 6.11. The van der Waals surface area contributed by atoms with E-state index in [1.165, 1.54) is 66.3 Å². The minimum Gasteiger partial charge on any atom is -0.497 e. The highest BCUT2D eigenvalue weighted by molar-refractivity contribution is 6.31. The number of carbonyl (C=O) groups excluding carboxylic acids is 3. The number of anilines is 2. The Balaban J connectivity index is 1.57. The first-order valence-electron chi connectivity index (χ1n) is 16.4. The molecule has 0 aliphatic carbocycles. The van der Waals surface area contributed by atoms with Crippen molar-refractivity contribution in [1.82, 2.24) is 19.9 Å². The number of nitrogens with zero attached hydrogens (tertiary/aromatic N) is 5. The van der Waals surface area contributed by atoms with Crippen LogP contribution in [0.4, 0.5) is 33.7 Å². The molecule has 5 rings (SSSR count). The first-order chi connectivity index (χ1) is 25.5. The van der Waals surface area contributed by atoms with Crippen LogP contribution in [0.25, 0.3) is 10.9 Å². The van der Waals surface area contributed by atoms with E-state index in [0.29, 0.717) is 5.75 Å². The maximum absolute atomic E-state index is 14.3. The smallest absolute Gasteiger partial charge is 0.471 e. The zero-order valence-corrected chi connectivity index (χ0v) is 30.1. The number of halogens is 5. The molecule has 1 aliphatic heterocycles. The number of methoxy groups -OCH3 is 2. The fraction of sp³-hybridized carbons (Fsp3) is 0.343. The quantitative estimate of drug-likeness (QED) is 0.201. The number of hydrogen-bond donors (Lipinski definition) is 3. The topological polar surface area (TPSA) is 159 Å². The van der Waals surface area contributed by atoms with Gasteiger partial charge in [-0.1, -0.05) is 11.6 Å². The number of aromatic nitrogens is 2. The lowest BCUT2D eigenvalue weighted by Crippen LogP contribution is -2.61. The van der Waals surface area contributed by atoms with Gasteiger partial charge in [-0.15, -0.1) is 0 Å². The van der Waals surface area contributed by atoms with Crippen LogP contribution in [0.1, 0.15) is 25.7 Å². The summed E-state index contributed by atoms with van der Waals surface area (Å²) in [5.41, 5.74) is 0.140. The largest absolute Gasteiger partial charge is 0.497 e. The van der Waals surface area contributed by atoms with Crippen LogP contribution < -0.4 is 35.6 Å². The number of carbonyl (C=O) groups is 3. The van der Waals surface area contributed by atoms with Crippen molar-refractivity contribution in [2.75, 3.05) is 55.6 Å². The molecule has 1 saturated heterocycles. The maximum Gasteiger partial charge on any atom is 0.471 e. The first-order valence-corrected chi connectivity index (χ1v) is 16.8. The van der Waals surface area contributed by atoms with Crippen LogP contribution in [0.5, 0.6) is 11.5 Å². The predicted octanol–water partition coefficient (Wildman–Crippen LogP) is 4.21. The summed E-state index contributed by atoms with van der Waals surface area (Å²) in [5.74, 6) is -3.18. The highest BCUT2D eigenvalue weighted by Gasteiger charge is 2.43. The Morgan fingerprint density at radius 3 is 2.22 bits per heavy atom. The third-order valence-corrected chi connectivity index (χ3v) is 8.93. The molecule has 1 aliphatic rings. The average molecular weight is 778 g/mol. The number of piperazine rings is 1. The Labute approximate surface area is 310 Å². The molecule has 2 heterocycles. The van der Waals surface area contributed by atoms with E-state index in [9.17, 15) is 41.8 Å². The second-order valence-corrected chi connectivity index (χ2v) is 12.7. The van der Waals surface area contributed by atoms with Gasteiger partial charge in [-0.05, 0) is 68.4 Å². The molecule has 3 unspecified atom stereocenters. The van der Waals surface area contributed by atoms with Gasteiger partial charge in [-0.2, -0.15) is 13.2 Å². The van der Waals surface area contributed by atoms with Gasteiger partial charge in [0.15, 0.2) is 5.82 Å². The Morgan fingerprint density at radius 1 is 0.963 bits per heavy atom. The number of rotatable bonds is 10. The fourth-order valence-electron chi connectivity index (χ4n) is 5.95. The van der Waals surface area contributed by atoms with Crippen molar-refractivity contribution < 1.29 is 46.5 Å². The van der Waals surface area contributed by atoms with Crippen LogP contribution in [0.15, 0.2) is 65.5 Å². The van der Waals surface area contributed by atoms with Crippen molar-refractivity contribution >= 4 is 51.7 Å². The zero-order valence-electron chi connectivity index (χ0n) is 29.4. The maximum atomic E-state index is 14.3. The molecule has 4 aromatic rings. The Bertz CT molecular complexity index is 2090. The highest BCUT2D eigenvalue weighted by atomic mass is 35.5. The molecule has 3 atom stereocenters. The number of urea groups is 1. The zero-order chi connectivity index (χ0) is 39.5. The Kier molecular flexibility index (Phi) is 11.9. The van der Waals surface area contributed by atoms with Crippen LogP contribution in [0.3, 0.4) is 0 Å². The van der Waals surface area contributed by atoms with Crippen LogP contribution in [0.2, 0.25) is 5.02 Å². The number of benzene rings is 3. The average Bonchev–Trinajstić information content (AvgIpc) is 3.13. The second kappa shape index (κ2) is 16.2. The lowest BCUT2D eigenvalue weighted by molar-refractivity contribution is -0.176. The molecule has 14 nitrogen and oxygen atoms in total. The summed E-state index contributed by atoms with van der Waals surface area (Å²) >= 11 is 6.29. The molecule has 0 spiro atoms. The van der Waals surface area contributed by atoms with Crippen molar-refractivity contribution in [3.63, 3.8) is 0 Å². The van der Waals surface area contributed by atoms with Gasteiger partial charge in [0.05, 0.1) is 56.0 Å². The molecule has 0 saturated carbocycles. The van der Waals surface area contributed by atoms with Crippen LogP contribution >= 0.6 is 11.6 Å². The standard InChI is InChI=1S/C35H36ClF4N7O7/c1-19(46(27-12-10-24(53-3)18-28(27)54-4)34(52)41-23-8-6-22(37)7-9-23)30-42-26-17-21(36)5-11-25(26)31(49)47(30)45-15-13-44(14-16-45)32(50)29(20(2)48)43-33(51)35(38,39)40/h5-12,17-20,29,48H,13-16H2,1-4H3,(H,41,52)(H,43,51). The third kappa shape index (κ3) is 8.44. The van der Waals surface area contributed by atoms with Gasteiger partial charge in [0.2, 0.25) is 5.91 Å². The van der Waals surface area contributed by atoms with Crippen molar-refractivity contribution in [1.29, 1.82) is 0 Å². The second-order valence-electron chi connectivity index (χ2n) is 12.2. The molecule has 19 heteroatoms. The van der Waals surface area contributed by atoms with Gasteiger partial charge in [-0.3, -0.25) is 19.3 Å². The van der Waals surface area contributed by atoms with E-state index < -0.39 is 53.6 Å². The monoisotopic (exact) mass is 777 g/mol. The number of aliphatic hydroxyl groups excluding tert-OH is 1. The number of hydrogen-bond acceptors (Lipinski definition) is 9. The predicted molar refractivity (Wildman–Crippen MR) is 191 cm³/mol. The number of alkyl halides is 3. The first kappa shape index (κ1) is 39.6. The molecule has 0 bridgehead atoms. The summed E-state index contributed by atoms with van der Waals surface area (Å²) < 4.78 is 64.9. The summed E-state index contributed by atoms with van der Waals surface area (Å²) in [7, 11) is 2.85. The summed E-state index contributed by atoms with van der Waals surface area (Å²) in [4.78, 5) is 60.7. The van der Waals surface area contributed by atoms with Crippen molar-refractivity contribution in [2.45, 2.75) is 38.2 Å². The van der Waals surface area contributed by atoms with Gasteiger partial charge in [0.1, 0.15) is 23.4 Å². The summed E-state index contributed by atoms with van der Waals surface area (Å²) in [6, 6.07) is 10.6. The summed E-state index contributed by atoms with van der Waals surface area (Å²) in [6.45, 7) is 2.30. The van der Waals surface area contributed by atoms with E-state index in [1.807, 2.05) is 0 Å². The molecule has 288 valence electrons. The van der Waals surface area contributed by atoms with Gasteiger partial charge in [0.25, 0.3) is 5.56 Å². The van der Waals surface area contributed by atoms with Crippen LogP contribution in [-0.4, -0.2) is 96.2 Å². The summed E-state index contributed by atoms with van der Waals surface area (Å²) in [5, 5.41) is 16.4. The molecule has 0 radical (unpaired) electrons. The molecule has 54 heavy (non-hydrogen) atoms. The van der Waals surface area contributed by atoms with Crippen LogP contribution in [-0.2, 0) is 9.59 Å². The molecule has 4 amide bonds. The normalized spacial score (nSPS) is 14.9. The molecule has 1 aromatic heterocycles. The van der Waals surface area contributed by atoms with E-state index in [4.69, 9.17) is 26.1 Å². The summed E-state index contributed by atoms with van der Waals surface area (Å²) in [6.07, 6.45) is -6.94.